The van der Waals surface area contributed by atoms with Gasteiger partial charge in [-0.1, -0.05) is 25.1 Å². The van der Waals surface area contributed by atoms with E-state index in [1.807, 2.05) is 31.2 Å². The first-order valence-electron chi connectivity index (χ1n) is 15.2. The number of amides is 2. The molecule has 0 saturated carbocycles. The van der Waals surface area contributed by atoms with Crippen molar-refractivity contribution in [2.45, 2.75) is 76.4 Å². The van der Waals surface area contributed by atoms with E-state index in [1.54, 1.807) is 4.90 Å². The highest BCUT2D eigenvalue weighted by Crippen LogP contribution is 2.32. The molecule has 0 fully saturated rings. The number of nitrogens with zero attached hydrogens (tertiary/aromatic N) is 1. The number of aliphatic carboxylic acids is 3. The largest absolute Gasteiger partial charge is 0.490 e. The quantitative estimate of drug-likeness (QED) is 0.102. The van der Waals surface area contributed by atoms with Crippen LogP contribution in [0.25, 0.3) is 0 Å². The van der Waals surface area contributed by atoms with Crippen molar-refractivity contribution in [1.82, 2.24) is 16.0 Å². The summed E-state index contributed by atoms with van der Waals surface area (Å²) in [5.74, 6) is -8.30. The molecule has 294 valence electrons. The number of carboxylic acids is 3. The highest BCUT2D eigenvalue weighted by Gasteiger charge is 2.40. The van der Waals surface area contributed by atoms with Gasteiger partial charge in [0.25, 0.3) is 0 Å². The van der Waals surface area contributed by atoms with Crippen LogP contribution in [0.1, 0.15) is 51.0 Å². The van der Waals surface area contributed by atoms with Gasteiger partial charge in [-0.05, 0) is 76.5 Å². The molecule has 2 amide bonds. The summed E-state index contributed by atoms with van der Waals surface area (Å²) in [4.78, 5) is 53.8. The number of fused-ring (bicyclic) bond motifs is 1. The molecule has 51 heavy (non-hydrogen) atoms. The number of unbranched alkanes of at least 4 members (excludes halogenated alkanes) is 1. The van der Waals surface area contributed by atoms with Gasteiger partial charge in [0.1, 0.15) is 6.04 Å². The lowest BCUT2D eigenvalue weighted by Gasteiger charge is -2.25. The molecular weight excluding hydrogens is 717 g/mol. The monoisotopic (exact) mass is 759 g/mol. The number of rotatable bonds is 15. The van der Waals surface area contributed by atoms with Gasteiger partial charge in [0.2, 0.25) is 11.8 Å². The molecule has 8 N–H and O–H groups in total. The minimum atomic E-state index is -5.08. The summed E-state index contributed by atoms with van der Waals surface area (Å²) >= 11 is 0. The summed E-state index contributed by atoms with van der Waals surface area (Å²) in [5.41, 5.74) is 7.42. The van der Waals surface area contributed by atoms with E-state index < -0.39 is 42.5 Å². The van der Waals surface area contributed by atoms with Gasteiger partial charge in [0.15, 0.2) is 0 Å². The fourth-order valence-electron chi connectivity index (χ4n) is 3.76. The zero-order valence-electron chi connectivity index (χ0n) is 27.4. The van der Waals surface area contributed by atoms with Gasteiger partial charge in [0.05, 0.1) is 0 Å². The van der Waals surface area contributed by atoms with Crippen molar-refractivity contribution in [2.24, 2.45) is 5.73 Å². The molecule has 1 aromatic carbocycles. The van der Waals surface area contributed by atoms with E-state index in [4.69, 9.17) is 35.4 Å². The first-order chi connectivity index (χ1) is 23.5. The van der Waals surface area contributed by atoms with E-state index in [1.165, 1.54) is 0 Å². The van der Waals surface area contributed by atoms with Crippen molar-refractivity contribution in [1.29, 1.82) is 0 Å². The summed E-state index contributed by atoms with van der Waals surface area (Å²) in [6.45, 7) is 7.25. The first-order valence-corrected chi connectivity index (χ1v) is 15.2. The normalized spacial score (nSPS) is 13.6. The van der Waals surface area contributed by atoms with E-state index in [2.05, 4.69) is 16.0 Å². The van der Waals surface area contributed by atoms with Crippen LogP contribution in [0.3, 0.4) is 0 Å². The lowest BCUT2D eigenvalue weighted by atomic mass is 10.1. The number of hydrogen-bond acceptors (Lipinski definition) is 8. The minimum absolute atomic E-state index is 0.0294. The maximum absolute atomic E-state index is 12.8. The lowest BCUT2D eigenvalue weighted by molar-refractivity contribution is -0.193. The van der Waals surface area contributed by atoms with Crippen LogP contribution in [-0.4, -0.2) is 109 Å². The fraction of sp³-hybridized carbons (Fsp3) is 0.621. The second-order valence-corrected chi connectivity index (χ2v) is 10.3. The van der Waals surface area contributed by atoms with Crippen molar-refractivity contribution in [2.75, 3.05) is 44.2 Å². The number of para-hydroxylation sites is 1. The second kappa shape index (κ2) is 24.9. The number of alkyl halides is 9. The summed E-state index contributed by atoms with van der Waals surface area (Å²) in [6.07, 6.45) is -9.22. The molecule has 0 radical (unpaired) electrons. The third-order valence-electron chi connectivity index (χ3n) is 6.08. The number of hydrogen-bond donors (Lipinski definition) is 7. The van der Waals surface area contributed by atoms with Crippen molar-refractivity contribution < 1.29 is 78.8 Å². The van der Waals surface area contributed by atoms with Crippen LogP contribution in [0.2, 0.25) is 0 Å². The van der Waals surface area contributed by atoms with Crippen LogP contribution in [0, 0.1) is 0 Å². The second-order valence-electron chi connectivity index (χ2n) is 10.3. The predicted molar refractivity (Wildman–Crippen MR) is 164 cm³/mol. The summed E-state index contributed by atoms with van der Waals surface area (Å²) in [6, 6.07) is 7.40. The summed E-state index contributed by atoms with van der Waals surface area (Å²) < 4.78 is 95.2. The molecule has 13 nitrogen and oxygen atoms in total. The van der Waals surface area contributed by atoms with E-state index in [9.17, 15) is 49.1 Å². The van der Waals surface area contributed by atoms with Crippen molar-refractivity contribution in [3.63, 3.8) is 0 Å². The Bertz CT molecular complexity index is 1160. The Morgan fingerprint density at radius 3 is 1.55 bits per heavy atom. The molecule has 1 atom stereocenters. The van der Waals surface area contributed by atoms with Gasteiger partial charge in [-0.25, -0.2) is 14.4 Å². The van der Waals surface area contributed by atoms with Crippen LogP contribution in [0.5, 0.6) is 0 Å². The lowest BCUT2D eigenvalue weighted by Crippen LogP contribution is -2.48. The van der Waals surface area contributed by atoms with Crippen molar-refractivity contribution in [3.8, 4) is 0 Å². The zero-order chi connectivity index (χ0) is 39.8. The molecule has 0 aliphatic carbocycles. The van der Waals surface area contributed by atoms with Gasteiger partial charge in [-0.15, -0.1) is 0 Å². The van der Waals surface area contributed by atoms with Gasteiger partial charge in [-0.2, -0.15) is 39.5 Å². The number of halogens is 9. The Morgan fingerprint density at radius 1 is 0.725 bits per heavy atom. The van der Waals surface area contributed by atoms with Crippen LogP contribution >= 0.6 is 0 Å². The van der Waals surface area contributed by atoms with Crippen LogP contribution in [0.4, 0.5) is 45.2 Å². The van der Waals surface area contributed by atoms with Gasteiger partial charge in [-0.3, -0.25) is 14.5 Å². The standard InChI is InChI=1S/C23H39N5O2.3C2HF3O2/c1-2-9-22(29)28-20-11-4-3-10-19(20)18-21(28)23(30)27-17-8-16-26-14-6-5-13-25-15-7-12-24;3*3-2(4,5)1(6)7/h3-4,10-11,21,25-26H,2,5-9,12-18,24H2,1H3,(H,27,30);3*(H,6,7). The summed E-state index contributed by atoms with van der Waals surface area (Å²) in [7, 11) is 0. The molecule has 1 heterocycles. The molecule has 1 unspecified atom stereocenters. The van der Waals surface area contributed by atoms with Gasteiger partial charge >= 0.3 is 36.4 Å². The molecular formula is C29H42F9N5O8. The first kappa shape index (κ1) is 48.9. The number of benzene rings is 1. The van der Waals surface area contributed by atoms with Crippen molar-refractivity contribution >= 4 is 35.4 Å². The van der Waals surface area contributed by atoms with Gasteiger partial charge in [0, 0.05) is 25.1 Å². The molecule has 0 aromatic heterocycles. The number of nitrogens with one attached hydrogen (secondary N) is 3. The Labute approximate surface area is 286 Å². The van der Waals surface area contributed by atoms with Crippen LogP contribution in [-0.2, 0) is 30.4 Å². The average Bonchev–Trinajstić information content (AvgIpc) is 3.41. The molecule has 0 spiro atoms. The summed E-state index contributed by atoms with van der Waals surface area (Å²) in [5, 5.41) is 31.2. The number of carbonyl (C=O) groups excluding carboxylic acids is 2. The maximum Gasteiger partial charge on any atom is 0.490 e. The SMILES string of the molecule is CCCC(=O)N1c2ccccc2CC1C(=O)NCCCNCCCCNCCCN.O=C(O)C(F)(F)F.O=C(O)C(F)(F)F.O=C(O)C(F)(F)F. The highest BCUT2D eigenvalue weighted by molar-refractivity contribution is 6.03. The number of carboxylic acid groups (broad SMARTS) is 3. The zero-order valence-corrected chi connectivity index (χ0v) is 27.4. The minimum Gasteiger partial charge on any atom is -0.475 e. The Balaban J connectivity index is 0. The van der Waals surface area contributed by atoms with E-state index in [0.717, 1.165) is 76.1 Å². The van der Waals surface area contributed by atoms with E-state index >= 15 is 0 Å². The number of carbonyl (C=O) groups is 5. The average molecular weight is 760 g/mol. The molecule has 1 aromatic rings. The molecule has 0 saturated heterocycles. The van der Waals surface area contributed by atoms with E-state index in [-0.39, 0.29) is 11.8 Å². The molecule has 0 bridgehead atoms. The van der Waals surface area contributed by atoms with Crippen LogP contribution < -0.4 is 26.6 Å². The third kappa shape index (κ3) is 23.0. The van der Waals surface area contributed by atoms with Crippen LogP contribution in [0.15, 0.2) is 24.3 Å². The molecule has 2 rings (SSSR count). The Hall–Kier alpha value is -4.18. The smallest absolute Gasteiger partial charge is 0.475 e. The number of nitrogens with two attached hydrogens (primary N) is 1. The Kier molecular flexibility index (Phi) is 23.9. The van der Waals surface area contributed by atoms with Crippen molar-refractivity contribution in [3.05, 3.63) is 29.8 Å². The molecule has 1 aliphatic rings. The molecule has 1 aliphatic heterocycles. The topological polar surface area (TPSA) is 211 Å². The fourth-order valence-corrected chi connectivity index (χ4v) is 3.76. The van der Waals surface area contributed by atoms with Gasteiger partial charge < -0.3 is 37.0 Å². The maximum atomic E-state index is 12.8. The van der Waals surface area contributed by atoms with E-state index in [0.29, 0.717) is 19.4 Å². The number of anilines is 1. The Morgan fingerprint density at radius 2 is 1.14 bits per heavy atom. The molecule has 22 heteroatoms. The highest BCUT2D eigenvalue weighted by atomic mass is 19.4. The predicted octanol–water partition coefficient (Wildman–Crippen LogP) is 3.46. The third-order valence-corrected chi connectivity index (χ3v) is 6.08.